The summed E-state index contributed by atoms with van der Waals surface area (Å²) in [4.78, 5) is 22.3. The number of rotatable bonds is 4. The van der Waals surface area contributed by atoms with Crippen molar-refractivity contribution in [3.8, 4) is 0 Å². The van der Waals surface area contributed by atoms with Gasteiger partial charge in [-0.1, -0.05) is 22.6 Å². The summed E-state index contributed by atoms with van der Waals surface area (Å²) in [6.07, 6.45) is 1.71. The van der Waals surface area contributed by atoms with E-state index in [-0.39, 0.29) is 5.91 Å². The lowest BCUT2D eigenvalue weighted by Crippen LogP contribution is -2.28. The number of anilines is 1. The van der Waals surface area contributed by atoms with Gasteiger partial charge in [0, 0.05) is 24.7 Å². The molecule has 1 atom stereocenters. The van der Waals surface area contributed by atoms with E-state index in [2.05, 4.69) is 26.6 Å². The zero-order valence-electron chi connectivity index (χ0n) is 14.8. The molecule has 1 N–H and O–H groups in total. The van der Waals surface area contributed by atoms with Crippen LogP contribution in [0.25, 0.3) is 10.2 Å². The van der Waals surface area contributed by atoms with E-state index in [1.807, 2.05) is 43.8 Å². The molecule has 2 aromatic heterocycles. The second kappa shape index (κ2) is 6.53. The minimum atomic E-state index is -0.650. The molecule has 0 spiro atoms. The number of hydrogen-bond acceptors (Lipinski definition) is 6. The van der Waals surface area contributed by atoms with Gasteiger partial charge in [0.1, 0.15) is 0 Å². The highest BCUT2D eigenvalue weighted by molar-refractivity contribution is 7.22. The molecule has 1 aliphatic heterocycles. The monoisotopic (exact) mass is 369 g/mol. The Kier molecular flexibility index (Phi) is 4.20. The van der Waals surface area contributed by atoms with Crippen molar-refractivity contribution in [1.82, 2.24) is 14.8 Å². The Morgan fingerprint density at radius 1 is 1.42 bits per heavy atom. The van der Waals surface area contributed by atoms with Crippen LogP contribution in [-0.2, 0) is 16.2 Å². The van der Waals surface area contributed by atoms with Gasteiger partial charge in [-0.2, -0.15) is 5.10 Å². The average Bonchev–Trinajstić information content (AvgIpc) is 3.31. The van der Waals surface area contributed by atoms with Crippen LogP contribution < -0.4 is 5.32 Å². The smallest absolute Gasteiger partial charge is 0.270 e. The van der Waals surface area contributed by atoms with Gasteiger partial charge < -0.3 is 4.84 Å². The Morgan fingerprint density at radius 3 is 3.04 bits per heavy atom. The van der Waals surface area contributed by atoms with Crippen molar-refractivity contribution in [2.24, 2.45) is 5.16 Å². The molecule has 0 fully saturated rings. The van der Waals surface area contributed by atoms with Crippen LogP contribution in [0.3, 0.4) is 0 Å². The zero-order chi connectivity index (χ0) is 18.3. The lowest BCUT2D eigenvalue weighted by atomic mass is 10.1. The summed E-state index contributed by atoms with van der Waals surface area (Å²) < 4.78 is 2.90. The number of nitrogens with zero attached hydrogens (tertiary/aromatic N) is 4. The van der Waals surface area contributed by atoms with Crippen LogP contribution in [0.2, 0.25) is 0 Å². The van der Waals surface area contributed by atoms with E-state index in [1.165, 1.54) is 16.9 Å². The van der Waals surface area contributed by atoms with Gasteiger partial charge in [0.2, 0.25) is 6.10 Å². The van der Waals surface area contributed by atoms with Gasteiger partial charge >= 0.3 is 0 Å². The minimum Gasteiger partial charge on any atom is -0.382 e. The number of fused-ring (bicyclic) bond motifs is 1. The molecule has 0 aliphatic carbocycles. The third-order valence-electron chi connectivity index (χ3n) is 4.32. The molecular formula is C18H19N5O2S. The highest BCUT2D eigenvalue weighted by atomic mass is 32.1. The predicted octanol–water partition coefficient (Wildman–Crippen LogP) is 3.26. The van der Waals surface area contributed by atoms with Crippen molar-refractivity contribution >= 4 is 38.3 Å². The van der Waals surface area contributed by atoms with E-state index >= 15 is 0 Å². The fraction of sp³-hybridized carbons (Fsp3) is 0.333. The maximum Gasteiger partial charge on any atom is 0.270 e. The van der Waals surface area contributed by atoms with Crippen molar-refractivity contribution in [1.29, 1.82) is 0 Å². The Hall–Kier alpha value is -2.74. The standard InChI is InChI=1S/C18H19N5O2S/c1-4-23-9-12(11(3)21-23)14-8-15(25-22-14)17(24)20-18-19-13-6-5-10(2)7-16(13)26-18/h5-7,9,15H,4,8H2,1-3H3,(H,19,20,24). The minimum absolute atomic E-state index is 0.236. The zero-order valence-corrected chi connectivity index (χ0v) is 15.6. The Bertz CT molecular complexity index is 1020. The number of thiazole rings is 1. The second-order valence-corrected chi connectivity index (χ2v) is 7.33. The molecule has 26 heavy (non-hydrogen) atoms. The number of hydrogen-bond donors (Lipinski definition) is 1. The van der Waals surface area contributed by atoms with E-state index in [1.54, 1.807) is 0 Å². The number of carbonyl (C=O) groups is 1. The van der Waals surface area contributed by atoms with Crippen molar-refractivity contribution in [3.05, 3.63) is 41.2 Å². The van der Waals surface area contributed by atoms with Crippen molar-refractivity contribution in [2.75, 3.05) is 5.32 Å². The number of aromatic nitrogens is 3. The molecule has 1 unspecified atom stereocenters. The number of benzene rings is 1. The summed E-state index contributed by atoms with van der Waals surface area (Å²) in [5.41, 5.74) is 4.61. The molecule has 8 heteroatoms. The number of carbonyl (C=O) groups excluding carboxylic acids is 1. The van der Waals surface area contributed by atoms with Gasteiger partial charge in [0.15, 0.2) is 5.13 Å². The van der Waals surface area contributed by atoms with Gasteiger partial charge in [-0.15, -0.1) is 0 Å². The summed E-state index contributed by atoms with van der Waals surface area (Å²) >= 11 is 1.46. The first-order chi connectivity index (χ1) is 12.5. The van der Waals surface area contributed by atoms with Crippen LogP contribution in [0.1, 0.15) is 30.2 Å². The topological polar surface area (TPSA) is 81.4 Å². The van der Waals surface area contributed by atoms with Gasteiger partial charge in [0.25, 0.3) is 5.91 Å². The van der Waals surface area contributed by atoms with E-state index in [0.29, 0.717) is 11.6 Å². The SMILES string of the molecule is CCn1cc(C2=NOC(C(=O)Nc3nc4ccc(C)cc4s3)C2)c(C)n1. The summed E-state index contributed by atoms with van der Waals surface area (Å²) in [6.45, 7) is 6.78. The quantitative estimate of drug-likeness (QED) is 0.765. The van der Waals surface area contributed by atoms with Crippen LogP contribution in [-0.4, -0.2) is 32.5 Å². The van der Waals surface area contributed by atoms with E-state index < -0.39 is 6.10 Å². The summed E-state index contributed by atoms with van der Waals surface area (Å²) in [6, 6.07) is 6.02. The number of amides is 1. The maximum atomic E-state index is 12.5. The molecule has 1 aliphatic rings. The van der Waals surface area contributed by atoms with E-state index in [0.717, 1.165) is 33.7 Å². The lowest BCUT2D eigenvalue weighted by Gasteiger charge is -2.06. The van der Waals surface area contributed by atoms with Gasteiger partial charge in [-0.25, -0.2) is 4.98 Å². The third-order valence-corrected chi connectivity index (χ3v) is 5.25. The number of oxime groups is 1. The number of nitrogens with one attached hydrogen (secondary N) is 1. The van der Waals surface area contributed by atoms with Gasteiger partial charge in [0.05, 0.1) is 21.6 Å². The summed E-state index contributed by atoms with van der Waals surface area (Å²) in [5.74, 6) is -0.236. The molecule has 134 valence electrons. The molecular weight excluding hydrogens is 350 g/mol. The first kappa shape index (κ1) is 16.7. The molecule has 0 saturated heterocycles. The molecule has 1 aromatic carbocycles. The van der Waals surface area contributed by atoms with Crippen molar-refractivity contribution < 1.29 is 9.63 Å². The molecule has 3 heterocycles. The van der Waals surface area contributed by atoms with E-state index in [9.17, 15) is 4.79 Å². The van der Waals surface area contributed by atoms with Gasteiger partial charge in [-0.05, 0) is 38.5 Å². The summed E-state index contributed by atoms with van der Waals surface area (Å²) in [5, 5.41) is 11.9. The van der Waals surface area contributed by atoms with Crippen LogP contribution in [0.4, 0.5) is 5.13 Å². The molecule has 0 saturated carbocycles. The Labute approximate surface area is 154 Å². The fourth-order valence-corrected chi connectivity index (χ4v) is 3.88. The average molecular weight is 369 g/mol. The van der Waals surface area contributed by atoms with Crippen molar-refractivity contribution in [3.63, 3.8) is 0 Å². The second-order valence-electron chi connectivity index (χ2n) is 6.30. The van der Waals surface area contributed by atoms with Crippen LogP contribution in [0.15, 0.2) is 29.6 Å². The Balaban J connectivity index is 1.45. The molecule has 0 radical (unpaired) electrons. The lowest BCUT2D eigenvalue weighted by molar-refractivity contribution is -0.125. The van der Waals surface area contributed by atoms with E-state index in [4.69, 9.17) is 4.84 Å². The molecule has 7 nitrogen and oxygen atoms in total. The highest BCUT2D eigenvalue weighted by Gasteiger charge is 2.31. The predicted molar refractivity (Wildman–Crippen MR) is 102 cm³/mol. The molecule has 3 aromatic rings. The summed E-state index contributed by atoms with van der Waals surface area (Å²) in [7, 11) is 0. The van der Waals surface area contributed by atoms with Crippen LogP contribution in [0, 0.1) is 13.8 Å². The number of aryl methyl sites for hydroxylation is 3. The third kappa shape index (κ3) is 3.08. The largest absolute Gasteiger partial charge is 0.382 e. The molecule has 0 bridgehead atoms. The molecule has 4 rings (SSSR count). The fourth-order valence-electron chi connectivity index (χ4n) is 2.91. The van der Waals surface area contributed by atoms with Crippen LogP contribution in [0.5, 0.6) is 0 Å². The van der Waals surface area contributed by atoms with Crippen LogP contribution >= 0.6 is 11.3 Å². The highest BCUT2D eigenvalue weighted by Crippen LogP contribution is 2.27. The van der Waals surface area contributed by atoms with Gasteiger partial charge in [-0.3, -0.25) is 14.8 Å². The van der Waals surface area contributed by atoms with Crippen molar-refractivity contribution in [2.45, 2.75) is 39.8 Å². The normalized spacial score (nSPS) is 16.6. The Morgan fingerprint density at radius 2 is 2.27 bits per heavy atom. The maximum absolute atomic E-state index is 12.5. The molecule has 1 amide bonds. The first-order valence-corrected chi connectivity index (χ1v) is 9.30. The first-order valence-electron chi connectivity index (χ1n) is 8.48.